The van der Waals surface area contributed by atoms with Gasteiger partial charge in [-0.15, -0.1) is 0 Å². The molecule has 0 amide bonds. The van der Waals surface area contributed by atoms with E-state index in [0.717, 1.165) is 45.3 Å². The molecule has 1 aromatic rings. The molecule has 3 rings (SSSR count). The van der Waals surface area contributed by atoms with Crippen LogP contribution in [0, 0.1) is 11.3 Å². The van der Waals surface area contributed by atoms with Gasteiger partial charge in [0, 0.05) is 25.0 Å². The van der Waals surface area contributed by atoms with Crippen molar-refractivity contribution in [1.29, 1.82) is 0 Å². The molecular formula is C18H25NO2. The normalized spacial score (nSPS) is 26.1. The van der Waals surface area contributed by atoms with Gasteiger partial charge < -0.3 is 5.11 Å². The van der Waals surface area contributed by atoms with Gasteiger partial charge in [0.1, 0.15) is 5.78 Å². The number of hydrogen-bond donors (Lipinski definition) is 1. The van der Waals surface area contributed by atoms with E-state index < -0.39 is 0 Å². The average molecular weight is 287 g/mol. The van der Waals surface area contributed by atoms with Crippen molar-refractivity contribution in [2.24, 2.45) is 11.3 Å². The second kappa shape index (κ2) is 6.29. The predicted molar refractivity (Wildman–Crippen MR) is 82.8 cm³/mol. The van der Waals surface area contributed by atoms with Crippen LogP contribution in [0.15, 0.2) is 30.3 Å². The topological polar surface area (TPSA) is 40.5 Å². The van der Waals surface area contributed by atoms with E-state index in [1.807, 2.05) is 6.07 Å². The van der Waals surface area contributed by atoms with Crippen molar-refractivity contribution in [3.63, 3.8) is 0 Å². The zero-order valence-electron chi connectivity index (χ0n) is 12.6. The van der Waals surface area contributed by atoms with Gasteiger partial charge >= 0.3 is 0 Å². The van der Waals surface area contributed by atoms with E-state index in [4.69, 9.17) is 0 Å². The number of piperidine rings is 1. The van der Waals surface area contributed by atoms with E-state index in [0.29, 0.717) is 12.2 Å². The molecule has 1 saturated heterocycles. The summed E-state index contributed by atoms with van der Waals surface area (Å²) in [5, 5.41) is 9.24. The van der Waals surface area contributed by atoms with Crippen LogP contribution in [0.25, 0.3) is 0 Å². The molecule has 1 spiro atoms. The van der Waals surface area contributed by atoms with Gasteiger partial charge in [-0.3, -0.25) is 9.69 Å². The lowest BCUT2D eigenvalue weighted by molar-refractivity contribution is -0.137. The van der Waals surface area contributed by atoms with Crippen LogP contribution in [0.3, 0.4) is 0 Å². The van der Waals surface area contributed by atoms with Crippen LogP contribution in [-0.4, -0.2) is 35.5 Å². The number of aliphatic hydroxyl groups excluding tert-OH is 1. The molecule has 0 bridgehead atoms. The van der Waals surface area contributed by atoms with Crippen molar-refractivity contribution in [3.8, 4) is 0 Å². The number of nitrogens with zero attached hydrogens (tertiary/aromatic N) is 1. The van der Waals surface area contributed by atoms with Gasteiger partial charge in [0.25, 0.3) is 0 Å². The summed E-state index contributed by atoms with van der Waals surface area (Å²) in [5.41, 5.74) is 1.28. The minimum Gasteiger partial charge on any atom is -0.396 e. The van der Waals surface area contributed by atoms with Crippen LogP contribution in [0.2, 0.25) is 0 Å². The third-order valence-corrected chi connectivity index (χ3v) is 5.42. The fraction of sp³-hybridized carbons (Fsp3) is 0.611. The summed E-state index contributed by atoms with van der Waals surface area (Å²) in [6.45, 7) is 3.20. The van der Waals surface area contributed by atoms with Crippen LogP contribution in [0.5, 0.6) is 0 Å². The third-order valence-electron chi connectivity index (χ3n) is 5.42. The van der Waals surface area contributed by atoms with E-state index in [-0.39, 0.29) is 17.9 Å². The molecule has 1 aliphatic carbocycles. The smallest absolute Gasteiger partial charge is 0.139 e. The summed E-state index contributed by atoms with van der Waals surface area (Å²) < 4.78 is 0. The Hall–Kier alpha value is -1.19. The minimum absolute atomic E-state index is 0.0706. The minimum atomic E-state index is -0.0706. The molecule has 1 heterocycles. The highest BCUT2D eigenvalue weighted by molar-refractivity contribution is 5.86. The first-order chi connectivity index (χ1) is 10.2. The summed E-state index contributed by atoms with van der Waals surface area (Å²) in [6, 6.07) is 10.6. The van der Waals surface area contributed by atoms with Gasteiger partial charge in [-0.25, -0.2) is 0 Å². The molecule has 1 N–H and O–H groups in total. The lowest BCUT2D eigenvalue weighted by Gasteiger charge is -2.44. The zero-order valence-corrected chi connectivity index (χ0v) is 12.6. The largest absolute Gasteiger partial charge is 0.396 e. The molecule has 3 heteroatoms. The van der Waals surface area contributed by atoms with E-state index in [1.54, 1.807) is 0 Å². The van der Waals surface area contributed by atoms with Crippen molar-refractivity contribution in [1.82, 2.24) is 4.90 Å². The molecule has 2 aliphatic rings. The van der Waals surface area contributed by atoms with Gasteiger partial charge in [-0.2, -0.15) is 0 Å². The highest BCUT2D eigenvalue weighted by atomic mass is 16.3. The molecule has 21 heavy (non-hydrogen) atoms. The number of benzene rings is 1. The lowest BCUT2D eigenvalue weighted by Crippen LogP contribution is -2.47. The van der Waals surface area contributed by atoms with Crippen molar-refractivity contribution < 1.29 is 9.90 Å². The van der Waals surface area contributed by atoms with Crippen molar-refractivity contribution in [2.45, 2.75) is 38.6 Å². The molecule has 114 valence electrons. The Kier molecular flexibility index (Phi) is 4.41. The number of ketones is 1. The van der Waals surface area contributed by atoms with Crippen LogP contribution in [-0.2, 0) is 11.3 Å². The van der Waals surface area contributed by atoms with E-state index in [1.165, 1.54) is 5.56 Å². The second-order valence-corrected chi connectivity index (χ2v) is 6.76. The SMILES string of the molecule is O=C1CC(CO)CCC12CCN(Cc1ccccc1)CC2. The number of carbonyl (C=O) groups is 1. The molecular weight excluding hydrogens is 262 g/mol. The number of Topliss-reactive ketones (excluding diaryl/α,β-unsaturated/α-hetero) is 1. The number of aliphatic hydroxyl groups is 1. The maximum atomic E-state index is 12.5. The van der Waals surface area contributed by atoms with Crippen LogP contribution in [0.1, 0.15) is 37.7 Å². The molecule has 2 fully saturated rings. The van der Waals surface area contributed by atoms with E-state index >= 15 is 0 Å². The third kappa shape index (κ3) is 3.19. The van der Waals surface area contributed by atoms with Crippen molar-refractivity contribution in [3.05, 3.63) is 35.9 Å². The number of carbonyl (C=O) groups excluding carboxylic acids is 1. The fourth-order valence-corrected chi connectivity index (χ4v) is 3.87. The molecule has 0 aromatic heterocycles. The van der Waals surface area contributed by atoms with Gasteiger partial charge in [-0.1, -0.05) is 30.3 Å². The van der Waals surface area contributed by atoms with Crippen LogP contribution in [0.4, 0.5) is 0 Å². The molecule has 3 nitrogen and oxygen atoms in total. The Balaban J connectivity index is 1.56. The van der Waals surface area contributed by atoms with Gasteiger partial charge in [-0.05, 0) is 50.3 Å². The van der Waals surface area contributed by atoms with Gasteiger partial charge in [0.15, 0.2) is 0 Å². The summed E-state index contributed by atoms with van der Waals surface area (Å²) in [4.78, 5) is 14.9. The number of likely N-dealkylation sites (tertiary alicyclic amines) is 1. The van der Waals surface area contributed by atoms with Crippen molar-refractivity contribution >= 4 is 5.78 Å². The molecule has 1 aromatic carbocycles. The first kappa shape index (κ1) is 14.7. The predicted octanol–water partition coefficient (Wildman–Crippen LogP) is 2.63. The molecule has 0 radical (unpaired) electrons. The summed E-state index contributed by atoms with van der Waals surface area (Å²) in [7, 11) is 0. The Morgan fingerprint density at radius 1 is 1.14 bits per heavy atom. The molecule has 1 aliphatic heterocycles. The van der Waals surface area contributed by atoms with E-state index in [9.17, 15) is 9.90 Å². The van der Waals surface area contributed by atoms with Gasteiger partial charge in [0.2, 0.25) is 0 Å². The number of rotatable bonds is 3. The Morgan fingerprint density at radius 3 is 2.48 bits per heavy atom. The Labute approximate surface area is 127 Å². The van der Waals surface area contributed by atoms with Crippen LogP contribution >= 0.6 is 0 Å². The lowest BCUT2D eigenvalue weighted by atomic mass is 9.64. The first-order valence-corrected chi connectivity index (χ1v) is 8.12. The van der Waals surface area contributed by atoms with E-state index in [2.05, 4.69) is 29.2 Å². The zero-order chi connectivity index (χ0) is 14.7. The molecule has 1 atom stereocenters. The highest BCUT2D eigenvalue weighted by Gasteiger charge is 2.44. The maximum Gasteiger partial charge on any atom is 0.139 e. The fourth-order valence-electron chi connectivity index (χ4n) is 3.87. The standard InChI is InChI=1S/C18H25NO2/c20-14-16-6-7-18(17(21)12-16)8-10-19(11-9-18)13-15-4-2-1-3-5-15/h1-5,16,20H,6-14H2. The second-order valence-electron chi connectivity index (χ2n) is 6.76. The summed E-state index contributed by atoms with van der Waals surface area (Å²) >= 11 is 0. The molecule has 1 saturated carbocycles. The maximum absolute atomic E-state index is 12.5. The summed E-state index contributed by atoms with van der Waals surface area (Å²) in [5.74, 6) is 0.623. The Bertz CT molecular complexity index is 477. The highest BCUT2D eigenvalue weighted by Crippen LogP contribution is 2.43. The van der Waals surface area contributed by atoms with Crippen LogP contribution < -0.4 is 0 Å². The average Bonchev–Trinajstić information content (AvgIpc) is 2.53. The quantitative estimate of drug-likeness (QED) is 0.929. The van der Waals surface area contributed by atoms with Gasteiger partial charge in [0.05, 0.1) is 0 Å². The van der Waals surface area contributed by atoms with Crippen molar-refractivity contribution in [2.75, 3.05) is 19.7 Å². The Morgan fingerprint density at radius 2 is 1.86 bits per heavy atom. The monoisotopic (exact) mass is 287 g/mol. The number of hydrogen-bond acceptors (Lipinski definition) is 3. The molecule has 1 unspecified atom stereocenters. The summed E-state index contributed by atoms with van der Waals surface area (Å²) in [6.07, 6.45) is 4.58. The first-order valence-electron chi connectivity index (χ1n) is 8.12.